The molecular weight excluding hydrogens is 404 g/mol. The van der Waals surface area contributed by atoms with E-state index in [0.29, 0.717) is 18.9 Å². The van der Waals surface area contributed by atoms with Crippen LogP contribution in [0.2, 0.25) is 0 Å². The molecule has 0 amide bonds. The summed E-state index contributed by atoms with van der Waals surface area (Å²) in [5, 5.41) is 16.8. The van der Waals surface area contributed by atoms with Crippen molar-refractivity contribution in [3.8, 4) is 17.2 Å². The van der Waals surface area contributed by atoms with Crippen molar-refractivity contribution in [3.63, 3.8) is 0 Å². The highest BCUT2D eigenvalue weighted by Gasteiger charge is 2.23. The van der Waals surface area contributed by atoms with Crippen LogP contribution in [0.15, 0.2) is 47.5 Å². The molecule has 3 rings (SSSR count). The lowest BCUT2D eigenvalue weighted by Crippen LogP contribution is -2.42. The lowest BCUT2D eigenvalue weighted by Gasteiger charge is -2.29. The van der Waals surface area contributed by atoms with Crippen LogP contribution in [-0.2, 0) is 6.54 Å². The third-order valence-corrected chi connectivity index (χ3v) is 5.63. The van der Waals surface area contributed by atoms with E-state index < -0.39 is 0 Å². The highest BCUT2D eigenvalue weighted by atomic mass is 16.5. The Morgan fingerprint density at radius 3 is 2.50 bits per heavy atom. The first kappa shape index (κ1) is 23.7. The van der Waals surface area contributed by atoms with E-state index in [4.69, 9.17) is 14.5 Å². The van der Waals surface area contributed by atoms with Crippen LogP contribution in [0.3, 0.4) is 0 Å². The highest BCUT2D eigenvalue weighted by Crippen LogP contribution is 2.28. The number of nitrogens with zero attached hydrogens (tertiary/aromatic N) is 2. The third-order valence-electron chi connectivity index (χ3n) is 5.63. The average Bonchev–Trinajstić information content (AvgIpc) is 3.34. The van der Waals surface area contributed by atoms with Gasteiger partial charge in [0.25, 0.3) is 0 Å². The first-order chi connectivity index (χ1) is 15.6. The zero-order chi connectivity index (χ0) is 22.8. The van der Waals surface area contributed by atoms with E-state index in [1.807, 2.05) is 31.2 Å². The summed E-state index contributed by atoms with van der Waals surface area (Å²) >= 11 is 0. The normalized spacial score (nSPS) is 15.4. The quantitative estimate of drug-likeness (QED) is 0.386. The zero-order valence-electron chi connectivity index (χ0n) is 19.4. The molecule has 1 atom stereocenters. The second-order valence-electron chi connectivity index (χ2n) is 7.84. The van der Waals surface area contributed by atoms with Gasteiger partial charge in [-0.15, -0.1) is 0 Å². The fraction of sp³-hybridized carbons (Fsp3) is 0.480. The molecule has 1 aliphatic heterocycles. The molecule has 1 unspecified atom stereocenters. The van der Waals surface area contributed by atoms with Crippen molar-refractivity contribution < 1.29 is 14.6 Å². The Morgan fingerprint density at radius 1 is 1.09 bits per heavy atom. The maximum Gasteiger partial charge on any atom is 0.191 e. The number of nitrogens with one attached hydrogen (secondary N) is 2. The molecule has 0 spiro atoms. The monoisotopic (exact) mass is 440 g/mol. The highest BCUT2D eigenvalue weighted by molar-refractivity contribution is 5.79. The molecule has 7 nitrogen and oxygen atoms in total. The van der Waals surface area contributed by atoms with Gasteiger partial charge in [-0.2, -0.15) is 0 Å². The number of hydrogen-bond donors (Lipinski definition) is 3. The summed E-state index contributed by atoms with van der Waals surface area (Å²) < 4.78 is 10.8. The molecule has 1 fully saturated rings. The number of phenolic OH excluding ortho intramolecular Hbond substituents is 1. The smallest absolute Gasteiger partial charge is 0.191 e. The number of likely N-dealkylation sites (tertiary alicyclic amines) is 1. The SMILES string of the molecule is CCNC(=NCc1ccc(O)c(OCC)c1)NCC(c1ccc(OC)cc1)N1CCCC1. The van der Waals surface area contributed by atoms with E-state index in [-0.39, 0.29) is 11.8 Å². The van der Waals surface area contributed by atoms with E-state index in [9.17, 15) is 5.11 Å². The summed E-state index contributed by atoms with van der Waals surface area (Å²) in [6, 6.07) is 14.0. The number of aromatic hydroxyl groups is 1. The molecule has 3 N–H and O–H groups in total. The minimum Gasteiger partial charge on any atom is -0.504 e. The van der Waals surface area contributed by atoms with Crippen LogP contribution in [0.1, 0.15) is 43.9 Å². The minimum atomic E-state index is 0.151. The van der Waals surface area contributed by atoms with Crippen molar-refractivity contribution >= 4 is 5.96 Å². The molecule has 0 bridgehead atoms. The van der Waals surface area contributed by atoms with E-state index in [2.05, 4.69) is 34.6 Å². The standard InChI is InChI=1S/C25H36N4O3/c1-4-26-25(27-17-19-8-13-23(30)24(16-19)32-5-2)28-18-22(29-14-6-7-15-29)20-9-11-21(31-3)12-10-20/h8-13,16,22,30H,4-7,14-15,17-18H2,1-3H3,(H2,26,27,28). The Hall–Kier alpha value is -2.93. The van der Waals surface area contributed by atoms with Gasteiger partial charge in [-0.05, 0) is 75.2 Å². The molecule has 32 heavy (non-hydrogen) atoms. The lowest BCUT2D eigenvalue weighted by molar-refractivity contribution is 0.245. The summed E-state index contributed by atoms with van der Waals surface area (Å²) in [4.78, 5) is 7.29. The molecule has 0 radical (unpaired) electrons. The first-order valence-corrected chi connectivity index (χ1v) is 11.5. The average molecular weight is 441 g/mol. The summed E-state index contributed by atoms with van der Waals surface area (Å²) in [6.07, 6.45) is 2.48. The molecule has 1 aliphatic rings. The van der Waals surface area contributed by atoms with Gasteiger partial charge in [-0.3, -0.25) is 4.90 Å². The number of aliphatic imine (C=N–C) groups is 1. The van der Waals surface area contributed by atoms with Crippen molar-refractivity contribution in [2.45, 2.75) is 39.3 Å². The predicted molar refractivity (Wildman–Crippen MR) is 129 cm³/mol. The van der Waals surface area contributed by atoms with Crippen LogP contribution >= 0.6 is 0 Å². The Kier molecular flexibility index (Phi) is 9.04. The van der Waals surface area contributed by atoms with Crippen LogP contribution < -0.4 is 20.1 Å². The van der Waals surface area contributed by atoms with E-state index in [1.54, 1.807) is 13.2 Å². The van der Waals surface area contributed by atoms with Gasteiger partial charge in [0.05, 0.1) is 26.3 Å². The molecule has 2 aromatic rings. The van der Waals surface area contributed by atoms with Crippen molar-refractivity contribution in [3.05, 3.63) is 53.6 Å². The third kappa shape index (κ3) is 6.53. The van der Waals surface area contributed by atoms with Crippen LogP contribution in [-0.4, -0.2) is 55.9 Å². The van der Waals surface area contributed by atoms with Crippen LogP contribution in [0, 0.1) is 0 Å². The molecule has 0 aromatic heterocycles. The van der Waals surface area contributed by atoms with Crippen LogP contribution in [0.25, 0.3) is 0 Å². The molecule has 174 valence electrons. The fourth-order valence-electron chi connectivity index (χ4n) is 3.97. The molecule has 0 saturated carbocycles. The van der Waals surface area contributed by atoms with Crippen molar-refractivity contribution in [1.29, 1.82) is 0 Å². The van der Waals surface area contributed by atoms with Gasteiger partial charge in [-0.1, -0.05) is 18.2 Å². The topological polar surface area (TPSA) is 78.4 Å². The number of benzene rings is 2. The van der Waals surface area contributed by atoms with Gasteiger partial charge in [0, 0.05) is 13.1 Å². The second kappa shape index (κ2) is 12.2. The number of hydrogen-bond acceptors (Lipinski definition) is 5. The van der Waals surface area contributed by atoms with E-state index >= 15 is 0 Å². The lowest BCUT2D eigenvalue weighted by atomic mass is 10.1. The van der Waals surface area contributed by atoms with Gasteiger partial charge >= 0.3 is 0 Å². The van der Waals surface area contributed by atoms with E-state index in [1.165, 1.54) is 18.4 Å². The van der Waals surface area contributed by atoms with Gasteiger partial charge in [0.1, 0.15) is 5.75 Å². The maximum atomic E-state index is 9.92. The summed E-state index contributed by atoms with van der Waals surface area (Å²) in [5.74, 6) is 2.29. The van der Waals surface area contributed by atoms with Crippen molar-refractivity contribution in [2.75, 3.05) is 39.9 Å². The molecule has 0 aliphatic carbocycles. The number of ether oxygens (including phenoxy) is 2. The molecule has 1 heterocycles. The van der Waals surface area contributed by atoms with Crippen LogP contribution in [0.5, 0.6) is 17.2 Å². The van der Waals surface area contributed by atoms with Gasteiger partial charge in [0.15, 0.2) is 17.5 Å². The Bertz CT molecular complexity index is 864. The predicted octanol–water partition coefficient (Wildman–Crippen LogP) is 3.69. The van der Waals surface area contributed by atoms with Crippen LogP contribution in [0.4, 0.5) is 0 Å². The van der Waals surface area contributed by atoms with Gasteiger partial charge in [-0.25, -0.2) is 4.99 Å². The number of rotatable bonds is 10. The summed E-state index contributed by atoms with van der Waals surface area (Å²) in [5.41, 5.74) is 2.26. The largest absolute Gasteiger partial charge is 0.504 e. The number of methoxy groups -OCH3 is 1. The Morgan fingerprint density at radius 2 is 1.84 bits per heavy atom. The number of guanidine groups is 1. The second-order valence-corrected chi connectivity index (χ2v) is 7.84. The fourth-order valence-corrected chi connectivity index (χ4v) is 3.97. The molecular formula is C25H36N4O3. The summed E-state index contributed by atoms with van der Waals surface area (Å²) in [7, 11) is 1.69. The number of phenols is 1. The molecule has 7 heteroatoms. The van der Waals surface area contributed by atoms with Gasteiger partial charge < -0.3 is 25.2 Å². The van der Waals surface area contributed by atoms with E-state index in [0.717, 1.165) is 43.5 Å². The molecule has 2 aromatic carbocycles. The Labute approximate surface area is 191 Å². The minimum absolute atomic E-state index is 0.151. The Balaban J connectivity index is 1.70. The van der Waals surface area contributed by atoms with Crippen molar-refractivity contribution in [2.24, 2.45) is 4.99 Å². The summed E-state index contributed by atoms with van der Waals surface area (Å²) in [6.45, 7) is 8.73. The first-order valence-electron chi connectivity index (χ1n) is 11.5. The zero-order valence-corrected chi connectivity index (χ0v) is 19.4. The van der Waals surface area contributed by atoms with Crippen molar-refractivity contribution in [1.82, 2.24) is 15.5 Å². The van der Waals surface area contributed by atoms with Gasteiger partial charge in [0.2, 0.25) is 0 Å². The molecule has 1 saturated heterocycles. The maximum absolute atomic E-state index is 9.92.